The summed E-state index contributed by atoms with van der Waals surface area (Å²) in [7, 11) is 1.63. The smallest absolute Gasteiger partial charge is 0.362 e. The van der Waals surface area contributed by atoms with Crippen LogP contribution in [0.4, 0.5) is 11.5 Å². The number of nitrogens with zero attached hydrogens (tertiary/aromatic N) is 3. The minimum Gasteiger partial charge on any atom is -0.497 e. The molecule has 0 bridgehead atoms. The van der Waals surface area contributed by atoms with Crippen LogP contribution in [0.25, 0.3) is 10.8 Å². The van der Waals surface area contributed by atoms with Crippen molar-refractivity contribution in [1.29, 1.82) is 0 Å². The molecule has 0 unspecified atom stereocenters. The fourth-order valence-electron chi connectivity index (χ4n) is 3.22. The minimum atomic E-state index is -0.518. The maximum atomic E-state index is 12.5. The summed E-state index contributed by atoms with van der Waals surface area (Å²) in [5.74, 6) is 0.733. The number of benzene rings is 3. The Hall–Kier alpha value is -3.39. The van der Waals surface area contributed by atoms with Gasteiger partial charge in [0.15, 0.2) is 5.82 Å². The summed E-state index contributed by atoms with van der Waals surface area (Å²) >= 11 is 3.49. The first-order chi connectivity index (χ1) is 15.1. The molecule has 4 aromatic rings. The normalized spacial score (nSPS) is 10.8. The van der Waals surface area contributed by atoms with Gasteiger partial charge in [-0.1, -0.05) is 45.4 Å². The third-order valence-electron chi connectivity index (χ3n) is 4.76. The quantitative estimate of drug-likeness (QED) is 0.367. The zero-order chi connectivity index (χ0) is 21.8. The van der Waals surface area contributed by atoms with Crippen LogP contribution in [0.5, 0.6) is 5.75 Å². The van der Waals surface area contributed by atoms with Crippen molar-refractivity contribution in [2.75, 3.05) is 19.0 Å². The molecule has 0 amide bonds. The van der Waals surface area contributed by atoms with Crippen molar-refractivity contribution in [3.63, 3.8) is 0 Å². The van der Waals surface area contributed by atoms with Crippen molar-refractivity contribution in [2.45, 2.75) is 13.5 Å². The molecule has 8 heteroatoms. The predicted molar refractivity (Wildman–Crippen MR) is 123 cm³/mol. The van der Waals surface area contributed by atoms with Crippen molar-refractivity contribution >= 4 is 44.2 Å². The number of carbonyl (C=O) groups excluding carboxylic acids is 1. The van der Waals surface area contributed by atoms with Crippen LogP contribution in [0.3, 0.4) is 0 Å². The Labute approximate surface area is 188 Å². The van der Waals surface area contributed by atoms with Gasteiger partial charge in [0, 0.05) is 10.2 Å². The van der Waals surface area contributed by atoms with Crippen LogP contribution in [0.2, 0.25) is 0 Å². The molecular formula is C23H21BrN4O3. The lowest BCUT2D eigenvalue weighted by atomic mass is 10.1. The van der Waals surface area contributed by atoms with Gasteiger partial charge in [0.1, 0.15) is 5.75 Å². The average molecular weight is 481 g/mol. The topological polar surface area (TPSA) is 78.3 Å². The monoisotopic (exact) mass is 480 g/mol. The molecule has 4 rings (SSSR count). The van der Waals surface area contributed by atoms with E-state index in [1.807, 2.05) is 54.6 Å². The van der Waals surface area contributed by atoms with Crippen LogP contribution < -0.4 is 10.1 Å². The second-order valence-corrected chi connectivity index (χ2v) is 7.76. The van der Waals surface area contributed by atoms with Gasteiger partial charge in [0.2, 0.25) is 5.69 Å². The van der Waals surface area contributed by atoms with Crippen molar-refractivity contribution in [3.8, 4) is 5.75 Å². The summed E-state index contributed by atoms with van der Waals surface area (Å²) in [4.78, 5) is 12.5. The Kier molecular flexibility index (Phi) is 6.18. The molecule has 0 aliphatic heterocycles. The molecule has 3 aromatic carbocycles. The molecule has 0 fully saturated rings. The largest absolute Gasteiger partial charge is 0.497 e. The fourth-order valence-corrected chi connectivity index (χ4v) is 3.60. The molecule has 1 N–H and O–H groups in total. The van der Waals surface area contributed by atoms with Crippen molar-refractivity contribution in [2.24, 2.45) is 0 Å². The summed E-state index contributed by atoms with van der Waals surface area (Å²) in [6.45, 7) is 2.45. The molecule has 0 radical (unpaired) electrons. The number of fused-ring (bicyclic) bond motifs is 1. The molecule has 1 aromatic heterocycles. The lowest BCUT2D eigenvalue weighted by Crippen LogP contribution is -2.11. The van der Waals surface area contributed by atoms with Gasteiger partial charge in [-0.25, -0.2) is 9.48 Å². The van der Waals surface area contributed by atoms with E-state index < -0.39 is 5.97 Å². The molecule has 31 heavy (non-hydrogen) atoms. The predicted octanol–water partition coefficient (Wildman–Crippen LogP) is 5.17. The summed E-state index contributed by atoms with van der Waals surface area (Å²) in [6.07, 6.45) is 0. The highest BCUT2D eigenvalue weighted by atomic mass is 79.9. The van der Waals surface area contributed by atoms with Crippen LogP contribution in [0.1, 0.15) is 23.0 Å². The molecule has 0 aliphatic carbocycles. The Morgan fingerprint density at radius 3 is 2.55 bits per heavy atom. The Bertz CT molecular complexity index is 1220. The zero-order valence-electron chi connectivity index (χ0n) is 17.1. The summed E-state index contributed by atoms with van der Waals surface area (Å²) in [5, 5.41) is 13.8. The van der Waals surface area contributed by atoms with Gasteiger partial charge in [-0.2, -0.15) is 0 Å². The number of esters is 1. The highest BCUT2D eigenvalue weighted by Gasteiger charge is 2.21. The van der Waals surface area contributed by atoms with Crippen molar-refractivity contribution in [3.05, 3.63) is 76.4 Å². The van der Waals surface area contributed by atoms with Crippen LogP contribution in [-0.2, 0) is 11.3 Å². The van der Waals surface area contributed by atoms with Gasteiger partial charge in [-0.3, -0.25) is 0 Å². The maximum Gasteiger partial charge on any atom is 0.362 e. The second kappa shape index (κ2) is 9.18. The summed E-state index contributed by atoms with van der Waals surface area (Å²) in [6, 6.07) is 19.7. The van der Waals surface area contributed by atoms with Gasteiger partial charge in [-0.05, 0) is 59.7 Å². The van der Waals surface area contributed by atoms with E-state index in [-0.39, 0.29) is 12.3 Å². The molecule has 0 spiro atoms. The van der Waals surface area contributed by atoms with Crippen LogP contribution >= 0.6 is 15.9 Å². The van der Waals surface area contributed by atoms with Gasteiger partial charge >= 0.3 is 5.97 Å². The van der Waals surface area contributed by atoms with Crippen LogP contribution in [-0.4, -0.2) is 34.7 Å². The minimum absolute atomic E-state index is 0.145. The van der Waals surface area contributed by atoms with Gasteiger partial charge < -0.3 is 14.8 Å². The Morgan fingerprint density at radius 2 is 1.81 bits per heavy atom. The number of carbonyl (C=O) groups is 1. The van der Waals surface area contributed by atoms with Gasteiger partial charge in [0.25, 0.3) is 0 Å². The van der Waals surface area contributed by atoms with E-state index in [0.717, 1.165) is 32.2 Å². The molecule has 7 nitrogen and oxygen atoms in total. The lowest BCUT2D eigenvalue weighted by Gasteiger charge is -2.12. The standard InChI is InChI=1S/C23H21BrN4O3/c1-3-31-23(29)21-22(25-19-9-7-16-12-18(24)8-6-17(16)13-19)28(27-26-21)14-15-4-10-20(30-2)11-5-15/h4-13,25H,3,14H2,1-2H3. The average Bonchev–Trinajstić information content (AvgIpc) is 3.16. The molecular weight excluding hydrogens is 460 g/mol. The third-order valence-corrected chi connectivity index (χ3v) is 5.25. The van der Waals surface area contributed by atoms with E-state index in [1.54, 1.807) is 18.7 Å². The maximum absolute atomic E-state index is 12.5. The van der Waals surface area contributed by atoms with E-state index >= 15 is 0 Å². The molecule has 1 heterocycles. The summed E-state index contributed by atoms with van der Waals surface area (Å²) in [5.41, 5.74) is 1.96. The van der Waals surface area contributed by atoms with Gasteiger partial charge in [-0.15, -0.1) is 5.10 Å². The van der Waals surface area contributed by atoms with E-state index in [9.17, 15) is 4.79 Å². The van der Waals surface area contributed by atoms with E-state index in [4.69, 9.17) is 9.47 Å². The first-order valence-corrected chi connectivity index (χ1v) is 10.6. The van der Waals surface area contributed by atoms with Crippen molar-refractivity contribution in [1.82, 2.24) is 15.0 Å². The third kappa shape index (κ3) is 4.69. The molecule has 0 saturated heterocycles. The zero-order valence-corrected chi connectivity index (χ0v) is 18.7. The Balaban J connectivity index is 1.68. The molecule has 0 aliphatic rings. The number of aromatic nitrogens is 3. The van der Waals surface area contributed by atoms with Crippen LogP contribution in [0, 0.1) is 0 Å². The highest BCUT2D eigenvalue weighted by Crippen LogP contribution is 2.27. The number of halogens is 1. The second-order valence-electron chi connectivity index (χ2n) is 6.84. The summed E-state index contributed by atoms with van der Waals surface area (Å²) < 4.78 is 13.1. The van der Waals surface area contributed by atoms with E-state index in [0.29, 0.717) is 12.4 Å². The number of methoxy groups -OCH3 is 1. The number of hydrogen-bond donors (Lipinski definition) is 1. The number of nitrogens with one attached hydrogen (secondary N) is 1. The number of anilines is 2. The SMILES string of the molecule is CCOC(=O)c1nnn(Cc2ccc(OC)cc2)c1Nc1ccc2cc(Br)ccc2c1. The van der Waals surface area contributed by atoms with E-state index in [2.05, 4.69) is 37.6 Å². The first-order valence-electron chi connectivity index (χ1n) is 9.77. The fraction of sp³-hybridized carbons (Fsp3) is 0.174. The van der Waals surface area contributed by atoms with Crippen molar-refractivity contribution < 1.29 is 14.3 Å². The number of ether oxygens (including phenoxy) is 2. The first kappa shape index (κ1) is 20.9. The lowest BCUT2D eigenvalue weighted by molar-refractivity contribution is 0.0520. The number of hydrogen-bond acceptors (Lipinski definition) is 6. The molecule has 158 valence electrons. The molecule has 0 atom stereocenters. The molecule has 0 saturated carbocycles. The number of rotatable bonds is 7. The Morgan fingerprint density at radius 1 is 1.06 bits per heavy atom. The highest BCUT2D eigenvalue weighted by molar-refractivity contribution is 9.10. The van der Waals surface area contributed by atoms with Gasteiger partial charge in [0.05, 0.1) is 20.3 Å². The van der Waals surface area contributed by atoms with E-state index in [1.165, 1.54) is 0 Å². The van der Waals surface area contributed by atoms with Crippen LogP contribution in [0.15, 0.2) is 65.1 Å².